The second-order valence-corrected chi connectivity index (χ2v) is 6.27. The number of β-amino-alcohol motifs (C(OH)–C–C–N with tert-alkyl or cyclic N) is 1. The van der Waals surface area contributed by atoms with E-state index in [1.807, 2.05) is 18.7 Å². The number of rotatable bonds is 2. The summed E-state index contributed by atoms with van der Waals surface area (Å²) in [5.74, 6) is 0.141. The van der Waals surface area contributed by atoms with Crippen LogP contribution in [0, 0.1) is 0 Å². The summed E-state index contributed by atoms with van der Waals surface area (Å²) in [5.41, 5.74) is -1.18. The fourth-order valence-electron chi connectivity index (χ4n) is 2.86. The van der Waals surface area contributed by atoms with E-state index in [2.05, 4.69) is 10.2 Å². The Balaban J connectivity index is 2.02. The molecule has 2 aliphatic heterocycles. The second kappa shape index (κ2) is 4.79. The maximum absolute atomic E-state index is 12.6. The molecule has 1 unspecified atom stereocenters. The maximum atomic E-state index is 12.6. The number of nitrogens with one attached hydrogen (secondary N) is 1. The van der Waals surface area contributed by atoms with Gasteiger partial charge in [0.15, 0.2) is 0 Å². The number of carbonyl (C=O) groups excluding carboxylic acids is 1. The van der Waals surface area contributed by atoms with E-state index in [9.17, 15) is 9.90 Å². The fraction of sp³-hybridized carbons (Fsp3) is 0.923. The molecule has 2 N–H and O–H groups in total. The summed E-state index contributed by atoms with van der Waals surface area (Å²) in [4.78, 5) is 16.6. The lowest BCUT2D eigenvalue weighted by Crippen LogP contribution is -2.60. The van der Waals surface area contributed by atoms with Crippen LogP contribution in [0.1, 0.15) is 27.2 Å². The van der Waals surface area contributed by atoms with Crippen molar-refractivity contribution in [2.75, 3.05) is 39.3 Å². The molecule has 0 aromatic carbocycles. The highest BCUT2D eigenvalue weighted by Gasteiger charge is 2.42. The molecule has 0 saturated carbocycles. The Kier molecular flexibility index (Phi) is 3.67. The van der Waals surface area contributed by atoms with Gasteiger partial charge in [-0.2, -0.15) is 0 Å². The van der Waals surface area contributed by atoms with Gasteiger partial charge in [0.25, 0.3) is 0 Å². The van der Waals surface area contributed by atoms with Crippen LogP contribution in [0.4, 0.5) is 0 Å². The van der Waals surface area contributed by atoms with Crippen molar-refractivity contribution in [3.63, 3.8) is 0 Å². The average molecular weight is 255 g/mol. The van der Waals surface area contributed by atoms with Gasteiger partial charge < -0.3 is 15.3 Å². The summed E-state index contributed by atoms with van der Waals surface area (Å²) < 4.78 is 0. The normalized spacial score (nSPS) is 30.8. The van der Waals surface area contributed by atoms with Gasteiger partial charge in [-0.25, -0.2) is 0 Å². The number of amides is 1. The maximum Gasteiger partial charge on any atom is 0.242 e. The molecular weight excluding hydrogens is 230 g/mol. The summed E-state index contributed by atoms with van der Waals surface area (Å²) in [6.07, 6.45) is 0.677. The van der Waals surface area contributed by atoms with Crippen molar-refractivity contribution in [2.45, 2.75) is 38.3 Å². The molecule has 18 heavy (non-hydrogen) atoms. The minimum atomic E-state index is -0.713. The lowest BCUT2D eigenvalue weighted by atomic mass is 9.99. The minimum absolute atomic E-state index is 0.141. The Hall–Kier alpha value is -0.650. The first-order chi connectivity index (χ1) is 8.33. The second-order valence-electron chi connectivity index (χ2n) is 6.27. The van der Waals surface area contributed by atoms with Gasteiger partial charge in [-0.15, -0.1) is 0 Å². The average Bonchev–Trinajstić information content (AvgIpc) is 2.69. The molecule has 1 amide bonds. The first-order valence-corrected chi connectivity index (χ1v) is 6.80. The molecule has 0 radical (unpaired) electrons. The van der Waals surface area contributed by atoms with E-state index >= 15 is 0 Å². The zero-order valence-corrected chi connectivity index (χ0v) is 11.7. The van der Waals surface area contributed by atoms with Crippen molar-refractivity contribution >= 4 is 5.91 Å². The van der Waals surface area contributed by atoms with Crippen LogP contribution in [0.15, 0.2) is 0 Å². The molecule has 5 heteroatoms. The summed E-state index contributed by atoms with van der Waals surface area (Å²) in [6, 6.07) is 0. The van der Waals surface area contributed by atoms with Gasteiger partial charge in [-0.3, -0.25) is 9.69 Å². The summed E-state index contributed by atoms with van der Waals surface area (Å²) in [7, 11) is 0. The number of hydrogen-bond acceptors (Lipinski definition) is 4. The van der Waals surface area contributed by atoms with Crippen LogP contribution in [0.25, 0.3) is 0 Å². The van der Waals surface area contributed by atoms with E-state index in [4.69, 9.17) is 0 Å². The van der Waals surface area contributed by atoms with Crippen molar-refractivity contribution in [1.82, 2.24) is 15.1 Å². The van der Waals surface area contributed by atoms with Crippen LogP contribution in [0.5, 0.6) is 0 Å². The lowest BCUT2D eigenvalue weighted by Gasteiger charge is -2.41. The number of piperazine rings is 1. The lowest BCUT2D eigenvalue weighted by molar-refractivity contribution is -0.143. The van der Waals surface area contributed by atoms with Gasteiger partial charge in [0, 0.05) is 39.3 Å². The van der Waals surface area contributed by atoms with Crippen molar-refractivity contribution in [3.8, 4) is 0 Å². The van der Waals surface area contributed by atoms with E-state index < -0.39 is 11.1 Å². The fourth-order valence-corrected chi connectivity index (χ4v) is 2.86. The quantitative estimate of drug-likeness (QED) is 0.708. The highest BCUT2D eigenvalue weighted by atomic mass is 16.3. The largest absolute Gasteiger partial charge is 0.388 e. The molecule has 2 saturated heterocycles. The van der Waals surface area contributed by atoms with E-state index in [1.54, 1.807) is 6.92 Å². The molecule has 2 rings (SSSR count). The highest BCUT2D eigenvalue weighted by molar-refractivity contribution is 5.85. The molecule has 104 valence electrons. The van der Waals surface area contributed by atoms with Crippen LogP contribution in [-0.4, -0.2) is 71.2 Å². The molecule has 5 nitrogen and oxygen atoms in total. The Morgan fingerprint density at radius 1 is 1.28 bits per heavy atom. The van der Waals surface area contributed by atoms with E-state index in [1.165, 1.54) is 0 Å². The highest BCUT2D eigenvalue weighted by Crippen LogP contribution is 2.25. The van der Waals surface area contributed by atoms with Gasteiger partial charge in [-0.05, 0) is 27.2 Å². The number of likely N-dealkylation sites (tertiary alicyclic amines) is 1. The van der Waals surface area contributed by atoms with Crippen LogP contribution in [-0.2, 0) is 4.79 Å². The van der Waals surface area contributed by atoms with Gasteiger partial charge in [0.1, 0.15) is 0 Å². The molecular formula is C13H25N3O2. The molecule has 2 fully saturated rings. The molecule has 2 heterocycles. The van der Waals surface area contributed by atoms with Gasteiger partial charge in [0.05, 0.1) is 11.1 Å². The smallest absolute Gasteiger partial charge is 0.242 e. The molecule has 2 aliphatic rings. The van der Waals surface area contributed by atoms with Gasteiger partial charge in [-0.1, -0.05) is 0 Å². The summed E-state index contributed by atoms with van der Waals surface area (Å²) in [5, 5.41) is 13.3. The third-order valence-corrected chi connectivity index (χ3v) is 4.17. The summed E-state index contributed by atoms with van der Waals surface area (Å²) >= 11 is 0. The predicted molar refractivity (Wildman–Crippen MR) is 70.3 cm³/mol. The SMILES string of the molecule is CC1(O)CCN(C(=O)C(C)(C)N2CCNCC2)C1. The zero-order chi connectivity index (χ0) is 13.4. The van der Waals surface area contributed by atoms with Crippen LogP contribution in [0.3, 0.4) is 0 Å². The first kappa shape index (κ1) is 13.8. The number of nitrogens with zero attached hydrogens (tertiary/aromatic N) is 2. The Morgan fingerprint density at radius 3 is 2.39 bits per heavy atom. The standard InChI is InChI=1S/C13H25N3O2/c1-12(2,16-8-5-14-6-9-16)11(17)15-7-4-13(3,18)10-15/h14,18H,4-10H2,1-3H3. The van der Waals surface area contributed by atoms with Crippen LogP contribution >= 0.6 is 0 Å². The minimum Gasteiger partial charge on any atom is -0.388 e. The van der Waals surface area contributed by atoms with E-state index in [0.29, 0.717) is 19.5 Å². The summed E-state index contributed by atoms with van der Waals surface area (Å²) in [6.45, 7) is 10.6. The number of aliphatic hydroxyl groups is 1. The molecule has 0 aromatic heterocycles. The molecule has 0 aliphatic carbocycles. The van der Waals surface area contributed by atoms with Crippen LogP contribution < -0.4 is 5.32 Å². The van der Waals surface area contributed by atoms with Gasteiger partial charge in [0.2, 0.25) is 5.91 Å². The van der Waals surface area contributed by atoms with Gasteiger partial charge >= 0.3 is 0 Å². The molecule has 0 bridgehead atoms. The number of carbonyl (C=O) groups is 1. The Bertz CT molecular complexity index is 322. The first-order valence-electron chi connectivity index (χ1n) is 6.80. The van der Waals surface area contributed by atoms with E-state index in [0.717, 1.165) is 26.2 Å². The Labute approximate surface area is 109 Å². The van der Waals surface area contributed by atoms with Crippen molar-refractivity contribution in [1.29, 1.82) is 0 Å². The molecule has 1 atom stereocenters. The van der Waals surface area contributed by atoms with Crippen LogP contribution in [0.2, 0.25) is 0 Å². The Morgan fingerprint density at radius 2 is 1.89 bits per heavy atom. The molecule has 0 aromatic rings. The van der Waals surface area contributed by atoms with Crippen molar-refractivity contribution in [3.05, 3.63) is 0 Å². The predicted octanol–water partition coefficient (Wildman–Crippen LogP) is -0.346. The molecule has 0 spiro atoms. The number of hydrogen-bond donors (Lipinski definition) is 2. The van der Waals surface area contributed by atoms with E-state index in [-0.39, 0.29) is 5.91 Å². The third kappa shape index (κ3) is 2.68. The zero-order valence-electron chi connectivity index (χ0n) is 11.7. The monoisotopic (exact) mass is 255 g/mol. The van der Waals surface area contributed by atoms with Crippen molar-refractivity contribution < 1.29 is 9.90 Å². The third-order valence-electron chi connectivity index (χ3n) is 4.17. The topological polar surface area (TPSA) is 55.8 Å². The van der Waals surface area contributed by atoms with Crippen molar-refractivity contribution in [2.24, 2.45) is 0 Å².